The Morgan fingerprint density at radius 3 is 2.58 bits per heavy atom. The first-order valence-electron chi connectivity index (χ1n) is 6.34. The van der Waals surface area contributed by atoms with E-state index in [9.17, 15) is 0 Å². The van der Waals surface area contributed by atoms with Crippen LogP contribution in [-0.2, 0) is 13.0 Å². The Hall–Kier alpha value is -0.960. The second-order valence-electron chi connectivity index (χ2n) is 4.68. The van der Waals surface area contributed by atoms with Gasteiger partial charge in [-0.2, -0.15) is 0 Å². The topological polar surface area (TPSA) is 25.2 Å². The van der Waals surface area contributed by atoms with Crippen LogP contribution in [0.1, 0.15) is 24.7 Å². The fourth-order valence-corrected chi connectivity index (χ4v) is 2.49. The van der Waals surface area contributed by atoms with E-state index in [0.717, 1.165) is 30.7 Å². The molecule has 4 heteroatoms. The van der Waals surface area contributed by atoms with Gasteiger partial charge in [-0.3, -0.25) is 0 Å². The van der Waals surface area contributed by atoms with Crippen LogP contribution in [0.3, 0.4) is 0 Å². The van der Waals surface area contributed by atoms with E-state index in [4.69, 9.17) is 27.6 Å². The molecular formula is C15H17Cl2NO. The summed E-state index contributed by atoms with van der Waals surface area (Å²) in [5, 5.41) is 4.80. The summed E-state index contributed by atoms with van der Waals surface area (Å²) in [4.78, 5) is 0. The van der Waals surface area contributed by atoms with Crippen molar-refractivity contribution in [2.24, 2.45) is 0 Å². The fraction of sp³-hybridized carbons (Fsp3) is 0.333. The van der Waals surface area contributed by atoms with Gasteiger partial charge in [-0.25, -0.2) is 0 Å². The predicted molar refractivity (Wildman–Crippen MR) is 79.8 cm³/mol. The van der Waals surface area contributed by atoms with Gasteiger partial charge >= 0.3 is 0 Å². The number of furan rings is 1. The predicted octanol–water partition coefficient (Wildman–Crippen LogP) is 4.70. The minimum atomic E-state index is 0.405. The van der Waals surface area contributed by atoms with Crippen molar-refractivity contribution in [1.82, 2.24) is 5.32 Å². The second-order valence-corrected chi connectivity index (χ2v) is 5.55. The van der Waals surface area contributed by atoms with Crippen molar-refractivity contribution in [3.63, 3.8) is 0 Å². The van der Waals surface area contributed by atoms with Crippen molar-refractivity contribution >= 4 is 23.2 Å². The average Bonchev–Trinajstić information content (AvgIpc) is 2.86. The maximum atomic E-state index is 5.97. The van der Waals surface area contributed by atoms with Gasteiger partial charge in [0.25, 0.3) is 0 Å². The maximum Gasteiger partial charge on any atom is 0.103 e. The molecule has 1 atom stereocenters. The Morgan fingerprint density at radius 2 is 1.95 bits per heavy atom. The smallest absolute Gasteiger partial charge is 0.103 e. The van der Waals surface area contributed by atoms with Crippen LogP contribution >= 0.6 is 23.2 Å². The maximum absolute atomic E-state index is 5.97. The van der Waals surface area contributed by atoms with Gasteiger partial charge < -0.3 is 9.73 Å². The summed E-state index contributed by atoms with van der Waals surface area (Å²) in [6.45, 7) is 2.93. The van der Waals surface area contributed by atoms with E-state index in [-0.39, 0.29) is 0 Å². The first-order valence-corrected chi connectivity index (χ1v) is 7.10. The highest BCUT2D eigenvalue weighted by Gasteiger charge is 2.05. The van der Waals surface area contributed by atoms with Crippen LogP contribution in [-0.4, -0.2) is 6.04 Å². The molecule has 0 aliphatic rings. The standard InChI is InChI=1S/C15H17Cl2NO/c1-11(4-5-15-3-2-6-19-15)18-10-12-7-13(16)9-14(17)8-12/h2-3,6-9,11,18H,4-5,10H2,1H3. The van der Waals surface area contributed by atoms with Crippen molar-refractivity contribution in [2.75, 3.05) is 0 Å². The number of hydrogen-bond donors (Lipinski definition) is 1. The molecule has 1 N–H and O–H groups in total. The summed E-state index contributed by atoms with van der Waals surface area (Å²) in [7, 11) is 0. The summed E-state index contributed by atoms with van der Waals surface area (Å²) in [6, 6.07) is 9.93. The normalized spacial score (nSPS) is 12.6. The van der Waals surface area contributed by atoms with Crippen LogP contribution < -0.4 is 5.32 Å². The molecule has 1 aromatic heterocycles. The third-order valence-electron chi connectivity index (χ3n) is 2.98. The molecule has 1 unspecified atom stereocenters. The molecule has 2 rings (SSSR count). The summed E-state index contributed by atoms with van der Waals surface area (Å²) >= 11 is 11.9. The molecule has 102 valence electrons. The molecule has 0 saturated heterocycles. The summed E-state index contributed by atoms with van der Waals surface area (Å²) in [6.07, 6.45) is 3.68. The van der Waals surface area contributed by atoms with Crippen molar-refractivity contribution in [3.05, 3.63) is 58.0 Å². The van der Waals surface area contributed by atoms with Crippen LogP contribution in [0.4, 0.5) is 0 Å². The first-order chi connectivity index (χ1) is 9.13. The Balaban J connectivity index is 1.78. The molecule has 0 radical (unpaired) electrons. The molecule has 0 fully saturated rings. The van der Waals surface area contributed by atoms with Gasteiger partial charge in [-0.15, -0.1) is 0 Å². The Kier molecular flexibility index (Phi) is 5.32. The number of halogens is 2. The van der Waals surface area contributed by atoms with Gasteiger partial charge in [0.2, 0.25) is 0 Å². The molecule has 19 heavy (non-hydrogen) atoms. The lowest BCUT2D eigenvalue weighted by atomic mass is 10.1. The highest BCUT2D eigenvalue weighted by atomic mass is 35.5. The zero-order chi connectivity index (χ0) is 13.7. The molecule has 2 aromatic rings. The SMILES string of the molecule is CC(CCc1ccco1)NCc1cc(Cl)cc(Cl)c1. The molecule has 1 heterocycles. The molecule has 0 aliphatic heterocycles. The molecule has 2 nitrogen and oxygen atoms in total. The Bertz CT molecular complexity index is 491. The van der Waals surface area contributed by atoms with Gasteiger partial charge in [-0.05, 0) is 49.2 Å². The minimum Gasteiger partial charge on any atom is -0.469 e. The minimum absolute atomic E-state index is 0.405. The van der Waals surface area contributed by atoms with E-state index >= 15 is 0 Å². The van der Waals surface area contributed by atoms with Crippen molar-refractivity contribution < 1.29 is 4.42 Å². The van der Waals surface area contributed by atoms with Crippen LogP contribution in [0.15, 0.2) is 41.0 Å². The van der Waals surface area contributed by atoms with Crippen molar-refractivity contribution in [3.8, 4) is 0 Å². The molecule has 0 aliphatic carbocycles. The average molecular weight is 298 g/mol. The number of hydrogen-bond acceptors (Lipinski definition) is 2. The summed E-state index contributed by atoms with van der Waals surface area (Å²) in [5.41, 5.74) is 1.10. The van der Waals surface area contributed by atoms with Crippen LogP contribution in [0.25, 0.3) is 0 Å². The zero-order valence-corrected chi connectivity index (χ0v) is 12.3. The Morgan fingerprint density at radius 1 is 1.21 bits per heavy atom. The summed E-state index contributed by atoms with van der Waals surface area (Å²) < 4.78 is 5.32. The van der Waals surface area contributed by atoms with Crippen molar-refractivity contribution in [2.45, 2.75) is 32.4 Å². The quantitative estimate of drug-likeness (QED) is 0.836. The lowest BCUT2D eigenvalue weighted by Gasteiger charge is -2.13. The molecule has 0 bridgehead atoms. The van der Waals surface area contributed by atoms with Gasteiger partial charge in [0, 0.05) is 29.1 Å². The second kappa shape index (κ2) is 6.99. The van der Waals surface area contributed by atoms with E-state index in [2.05, 4.69) is 12.2 Å². The lowest BCUT2D eigenvalue weighted by molar-refractivity contribution is 0.460. The molecule has 0 saturated carbocycles. The third-order valence-corrected chi connectivity index (χ3v) is 3.42. The van der Waals surface area contributed by atoms with E-state index in [1.165, 1.54) is 0 Å². The number of rotatable bonds is 6. The highest BCUT2D eigenvalue weighted by Crippen LogP contribution is 2.19. The largest absolute Gasteiger partial charge is 0.469 e. The molecule has 0 amide bonds. The number of aryl methyl sites for hydroxylation is 1. The van der Waals surface area contributed by atoms with Crippen LogP contribution in [0.5, 0.6) is 0 Å². The van der Waals surface area contributed by atoms with E-state index < -0.39 is 0 Å². The van der Waals surface area contributed by atoms with Gasteiger partial charge in [0.05, 0.1) is 6.26 Å². The lowest BCUT2D eigenvalue weighted by Crippen LogP contribution is -2.25. The van der Waals surface area contributed by atoms with E-state index in [1.807, 2.05) is 24.3 Å². The molecule has 1 aromatic carbocycles. The van der Waals surface area contributed by atoms with Crippen molar-refractivity contribution in [1.29, 1.82) is 0 Å². The third kappa shape index (κ3) is 4.90. The Labute approximate surface area is 123 Å². The number of benzene rings is 1. The fourth-order valence-electron chi connectivity index (χ4n) is 1.92. The molecule has 0 spiro atoms. The van der Waals surface area contributed by atoms with Crippen LogP contribution in [0, 0.1) is 0 Å². The first kappa shape index (κ1) is 14.4. The highest BCUT2D eigenvalue weighted by molar-refractivity contribution is 6.34. The van der Waals surface area contributed by atoms with E-state index in [0.29, 0.717) is 16.1 Å². The van der Waals surface area contributed by atoms with Crippen LogP contribution in [0.2, 0.25) is 10.0 Å². The van der Waals surface area contributed by atoms with Gasteiger partial charge in [-0.1, -0.05) is 23.2 Å². The monoisotopic (exact) mass is 297 g/mol. The summed E-state index contributed by atoms with van der Waals surface area (Å²) in [5.74, 6) is 1.03. The van der Waals surface area contributed by atoms with E-state index in [1.54, 1.807) is 12.3 Å². The zero-order valence-electron chi connectivity index (χ0n) is 10.8. The molecular weight excluding hydrogens is 281 g/mol. The number of nitrogens with one attached hydrogen (secondary N) is 1. The van der Waals surface area contributed by atoms with Gasteiger partial charge in [0.15, 0.2) is 0 Å². The van der Waals surface area contributed by atoms with Gasteiger partial charge in [0.1, 0.15) is 5.76 Å².